The summed E-state index contributed by atoms with van der Waals surface area (Å²) < 4.78 is 22.8. The van der Waals surface area contributed by atoms with Gasteiger partial charge in [0.2, 0.25) is 0 Å². The van der Waals surface area contributed by atoms with Crippen LogP contribution in [0.5, 0.6) is 0 Å². The molecule has 8 heteroatoms. The number of amides is 2. The van der Waals surface area contributed by atoms with Crippen molar-refractivity contribution in [2.24, 2.45) is 11.1 Å². The van der Waals surface area contributed by atoms with E-state index in [1.807, 2.05) is 20.8 Å². The van der Waals surface area contributed by atoms with Crippen molar-refractivity contribution < 1.29 is 28.5 Å². The van der Waals surface area contributed by atoms with E-state index in [-0.39, 0.29) is 6.54 Å². The predicted molar refractivity (Wildman–Crippen MR) is 94.5 cm³/mol. The summed E-state index contributed by atoms with van der Waals surface area (Å²) in [6.45, 7) is 14.8. The summed E-state index contributed by atoms with van der Waals surface area (Å²) in [7, 11) is 0. The quantitative estimate of drug-likeness (QED) is 0.795. The summed E-state index contributed by atoms with van der Waals surface area (Å²) in [5.74, 6) is -0.844. The van der Waals surface area contributed by atoms with E-state index >= 15 is 0 Å². The largest absolute Gasteiger partial charge is 0.443 e. The van der Waals surface area contributed by atoms with Gasteiger partial charge < -0.3 is 24.7 Å². The topological polar surface area (TPSA) is 100 Å². The Hall–Kier alpha value is -1.38. The Morgan fingerprint density at radius 1 is 1.15 bits per heavy atom. The molecule has 0 aromatic rings. The summed E-state index contributed by atoms with van der Waals surface area (Å²) in [5, 5.41) is 0. The highest BCUT2D eigenvalue weighted by atomic mass is 16.8. The van der Waals surface area contributed by atoms with Crippen molar-refractivity contribution in [3.05, 3.63) is 0 Å². The zero-order valence-corrected chi connectivity index (χ0v) is 17.0. The second kappa shape index (κ2) is 6.65. The number of nitrogens with zero attached hydrogens (tertiary/aromatic N) is 1. The van der Waals surface area contributed by atoms with Gasteiger partial charge in [-0.2, -0.15) is 0 Å². The Morgan fingerprint density at radius 3 is 2.19 bits per heavy atom. The lowest BCUT2D eigenvalue weighted by atomic mass is 9.80. The van der Waals surface area contributed by atoms with Crippen molar-refractivity contribution in [1.82, 2.24) is 4.90 Å². The normalized spacial score (nSPS) is 31.9. The SMILES string of the molecule is CC(C)(C)OC(=O)N1C(=O)O[C@H]([C@@H]2OC(C)(C)O[C@H]2CN)[C@H]1C(C)(C)C. The van der Waals surface area contributed by atoms with Gasteiger partial charge in [-0.3, -0.25) is 0 Å². The molecule has 0 unspecified atom stereocenters. The third kappa shape index (κ3) is 4.29. The maximum absolute atomic E-state index is 12.7. The Labute approximate surface area is 155 Å². The molecule has 2 heterocycles. The van der Waals surface area contributed by atoms with Crippen LogP contribution in [-0.4, -0.2) is 59.4 Å². The van der Waals surface area contributed by atoms with Crippen LogP contribution in [0.3, 0.4) is 0 Å². The first-order valence-electron chi connectivity index (χ1n) is 8.95. The molecule has 0 radical (unpaired) electrons. The Bertz CT molecular complexity index is 563. The maximum atomic E-state index is 12.7. The van der Waals surface area contributed by atoms with Crippen molar-refractivity contribution in [3.63, 3.8) is 0 Å². The molecule has 150 valence electrons. The van der Waals surface area contributed by atoms with Gasteiger partial charge in [0.25, 0.3) is 0 Å². The molecule has 0 bridgehead atoms. The van der Waals surface area contributed by atoms with Gasteiger partial charge in [0.15, 0.2) is 11.9 Å². The standard InChI is InChI=1S/C18H32N2O6/c1-16(2,3)13-12(11-10(9-19)24-18(7,8)25-11)23-14(21)20(13)15(22)26-17(4,5)6/h10-13H,9,19H2,1-8H3/t10-,11+,12+,13-/m0/s1. The number of carbonyl (C=O) groups is 2. The first-order valence-corrected chi connectivity index (χ1v) is 8.95. The third-order valence-corrected chi connectivity index (χ3v) is 4.28. The fourth-order valence-electron chi connectivity index (χ4n) is 3.45. The van der Waals surface area contributed by atoms with E-state index < -0.39 is 53.3 Å². The molecule has 8 nitrogen and oxygen atoms in total. The fourth-order valence-corrected chi connectivity index (χ4v) is 3.45. The van der Waals surface area contributed by atoms with Crippen molar-refractivity contribution in [2.45, 2.75) is 91.1 Å². The predicted octanol–water partition coefficient (Wildman–Crippen LogP) is 2.64. The van der Waals surface area contributed by atoms with E-state index in [0.717, 1.165) is 4.90 Å². The number of imide groups is 1. The van der Waals surface area contributed by atoms with Gasteiger partial charge in [-0.05, 0) is 40.0 Å². The van der Waals surface area contributed by atoms with Crippen molar-refractivity contribution >= 4 is 12.2 Å². The Balaban J connectivity index is 2.36. The first kappa shape index (κ1) is 20.9. The maximum Gasteiger partial charge on any atom is 0.420 e. The number of carbonyl (C=O) groups excluding carboxylic acids is 2. The highest BCUT2D eigenvalue weighted by molar-refractivity contribution is 5.90. The molecule has 26 heavy (non-hydrogen) atoms. The molecule has 2 saturated heterocycles. The van der Waals surface area contributed by atoms with Gasteiger partial charge in [-0.1, -0.05) is 20.8 Å². The summed E-state index contributed by atoms with van der Waals surface area (Å²) in [4.78, 5) is 26.3. The van der Waals surface area contributed by atoms with Crippen LogP contribution in [0.25, 0.3) is 0 Å². The van der Waals surface area contributed by atoms with Crippen molar-refractivity contribution in [1.29, 1.82) is 0 Å². The minimum Gasteiger partial charge on any atom is -0.443 e. The Kier molecular flexibility index (Phi) is 5.35. The highest BCUT2D eigenvalue weighted by Crippen LogP contribution is 2.41. The molecule has 2 aliphatic heterocycles. The highest BCUT2D eigenvalue weighted by Gasteiger charge is 2.59. The monoisotopic (exact) mass is 372 g/mol. The lowest BCUT2D eigenvalue weighted by Crippen LogP contribution is -2.54. The number of ether oxygens (including phenoxy) is 4. The summed E-state index contributed by atoms with van der Waals surface area (Å²) in [6, 6.07) is -0.582. The molecule has 2 fully saturated rings. The van der Waals surface area contributed by atoms with Gasteiger partial charge >= 0.3 is 12.2 Å². The van der Waals surface area contributed by atoms with Crippen LogP contribution in [0.15, 0.2) is 0 Å². The van der Waals surface area contributed by atoms with Crippen LogP contribution in [0.2, 0.25) is 0 Å². The van der Waals surface area contributed by atoms with Gasteiger partial charge in [0.1, 0.15) is 17.8 Å². The van der Waals surface area contributed by atoms with Crippen molar-refractivity contribution in [3.8, 4) is 0 Å². The molecule has 0 aromatic heterocycles. The van der Waals surface area contributed by atoms with E-state index in [0.29, 0.717) is 0 Å². The average Bonchev–Trinajstić information content (AvgIpc) is 2.92. The number of nitrogens with two attached hydrogens (primary N) is 1. The van der Waals surface area contributed by atoms with Crippen LogP contribution in [0.4, 0.5) is 9.59 Å². The summed E-state index contributed by atoms with van der Waals surface area (Å²) >= 11 is 0. The lowest BCUT2D eigenvalue weighted by Gasteiger charge is -2.37. The van der Waals surface area contributed by atoms with Crippen LogP contribution in [0, 0.1) is 5.41 Å². The second-order valence-corrected chi connectivity index (χ2v) is 9.38. The van der Waals surface area contributed by atoms with Gasteiger partial charge in [0.05, 0.1) is 6.04 Å². The summed E-state index contributed by atoms with van der Waals surface area (Å²) in [6.07, 6.45) is -3.19. The summed E-state index contributed by atoms with van der Waals surface area (Å²) in [5.41, 5.74) is 4.63. The van der Waals surface area contributed by atoms with Crippen LogP contribution >= 0.6 is 0 Å². The molecule has 2 rings (SSSR count). The van der Waals surface area contributed by atoms with E-state index in [9.17, 15) is 9.59 Å². The lowest BCUT2D eigenvalue weighted by molar-refractivity contribution is -0.155. The molecule has 0 spiro atoms. The number of hydrogen-bond donors (Lipinski definition) is 1. The molecular weight excluding hydrogens is 340 g/mol. The van der Waals surface area contributed by atoms with Gasteiger partial charge in [-0.15, -0.1) is 0 Å². The third-order valence-electron chi connectivity index (χ3n) is 4.28. The molecular formula is C18H32N2O6. The molecule has 2 amide bonds. The molecule has 2 N–H and O–H groups in total. The molecule has 0 saturated carbocycles. The minimum absolute atomic E-state index is 0.214. The number of cyclic esters (lactones) is 1. The molecule has 0 aliphatic carbocycles. The van der Waals surface area contributed by atoms with Gasteiger partial charge in [-0.25, -0.2) is 14.5 Å². The molecule has 2 aliphatic rings. The Morgan fingerprint density at radius 2 is 1.73 bits per heavy atom. The smallest absolute Gasteiger partial charge is 0.420 e. The zero-order valence-electron chi connectivity index (χ0n) is 17.0. The zero-order chi connectivity index (χ0) is 20.1. The molecule has 4 atom stereocenters. The first-order chi connectivity index (χ1) is 11.7. The van der Waals surface area contributed by atoms with E-state index in [2.05, 4.69) is 0 Å². The van der Waals surface area contributed by atoms with E-state index in [1.54, 1.807) is 34.6 Å². The van der Waals surface area contributed by atoms with Crippen molar-refractivity contribution in [2.75, 3.05) is 6.54 Å². The molecule has 0 aromatic carbocycles. The fraction of sp³-hybridized carbons (Fsp3) is 0.889. The van der Waals surface area contributed by atoms with E-state index in [4.69, 9.17) is 24.7 Å². The van der Waals surface area contributed by atoms with Crippen LogP contribution in [0.1, 0.15) is 55.4 Å². The minimum atomic E-state index is -0.844. The average molecular weight is 372 g/mol. The van der Waals surface area contributed by atoms with Crippen LogP contribution in [-0.2, 0) is 18.9 Å². The van der Waals surface area contributed by atoms with Gasteiger partial charge in [0, 0.05) is 6.54 Å². The second-order valence-electron chi connectivity index (χ2n) is 9.38. The van der Waals surface area contributed by atoms with Crippen LogP contribution < -0.4 is 5.73 Å². The van der Waals surface area contributed by atoms with E-state index in [1.165, 1.54) is 0 Å². The number of rotatable bonds is 2. The number of hydrogen-bond acceptors (Lipinski definition) is 7.